The van der Waals surface area contributed by atoms with Crippen molar-refractivity contribution in [3.05, 3.63) is 48.3 Å². The third-order valence-corrected chi connectivity index (χ3v) is 4.01. The van der Waals surface area contributed by atoms with E-state index in [4.69, 9.17) is 5.11 Å². The van der Waals surface area contributed by atoms with Gasteiger partial charge in [0.1, 0.15) is 5.82 Å². The molecule has 0 atom stereocenters. The Labute approximate surface area is 140 Å². The van der Waals surface area contributed by atoms with Gasteiger partial charge in [-0.05, 0) is 30.5 Å². The summed E-state index contributed by atoms with van der Waals surface area (Å²) in [7, 11) is 0. The first kappa shape index (κ1) is 16.1. The van der Waals surface area contributed by atoms with E-state index in [1.807, 2.05) is 24.3 Å². The molecule has 1 aromatic carbocycles. The van der Waals surface area contributed by atoms with Crippen LogP contribution in [0, 0.1) is 0 Å². The topological polar surface area (TPSA) is 86.5 Å². The molecule has 1 saturated heterocycles. The maximum Gasteiger partial charge on any atom is 0.328 e. The number of hydrogen-bond donors (Lipinski definition) is 2. The first-order valence-corrected chi connectivity index (χ1v) is 7.88. The predicted octanol–water partition coefficient (Wildman–Crippen LogP) is 2.20. The van der Waals surface area contributed by atoms with Gasteiger partial charge < -0.3 is 15.1 Å². The monoisotopic (exact) mass is 325 g/mol. The van der Waals surface area contributed by atoms with Gasteiger partial charge in [-0.15, -0.1) is 0 Å². The molecule has 2 aromatic rings. The van der Waals surface area contributed by atoms with Crippen LogP contribution in [-0.2, 0) is 4.79 Å². The minimum Gasteiger partial charge on any atom is -0.478 e. The molecular formula is C18H19N3O3. The molecule has 24 heavy (non-hydrogen) atoms. The lowest BCUT2D eigenvalue weighted by Crippen LogP contribution is -2.36. The summed E-state index contributed by atoms with van der Waals surface area (Å²) >= 11 is 0. The Bertz CT molecular complexity index is 753. The summed E-state index contributed by atoms with van der Waals surface area (Å²) in [6.45, 7) is 1.53. The van der Waals surface area contributed by atoms with Gasteiger partial charge in [-0.1, -0.05) is 18.2 Å². The van der Waals surface area contributed by atoms with Gasteiger partial charge in [0.25, 0.3) is 0 Å². The molecule has 2 heterocycles. The first-order valence-electron chi connectivity index (χ1n) is 7.88. The second-order valence-electron chi connectivity index (χ2n) is 5.78. The van der Waals surface area contributed by atoms with Gasteiger partial charge in [0.15, 0.2) is 0 Å². The molecule has 0 radical (unpaired) electrons. The summed E-state index contributed by atoms with van der Waals surface area (Å²) in [6.07, 6.45) is 7.34. The lowest BCUT2D eigenvalue weighted by molar-refractivity contribution is -0.131. The molecule has 1 fully saturated rings. The zero-order valence-corrected chi connectivity index (χ0v) is 13.2. The van der Waals surface area contributed by atoms with Crippen LogP contribution in [-0.4, -0.2) is 45.3 Å². The third kappa shape index (κ3) is 3.97. The predicted molar refractivity (Wildman–Crippen MR) is 91.6 cm³/mol. The van der Waals surface area contributed by atoms with E-state index < -0.39 is 5.97 Å². The number of rotatable bonds is 4. The quantitative estimate of drug-likeness (QED) is 0.838. The van der Waals surface area contributed by atoms with E-state index in [0.717, 1.165) is 54.6 Å². The number of aliphatic hydroxyl groups excluding tert-OH is 1. The van der Waals surface area contributed by atoms with E-state index in [0.29, 0.717) is 0 Å². The molecule has 2 N–H and O–H groups in total. The van der Waals surface area contributed by atoms with Crippen molar-refractivity contribution in [1.29, 1.82) is 0 Å². The number of nitrogens with zero attached hydrogens (tertiary/aromatic N) is 3. The van der Waals surface area contributed by atoms with E-state index in [1.165, 1.54) is 0 Å². The van der Waals surface area contributed by atoms with Crippen LogP contribution in [0.5, 0.6) is 0 Å². The molecule has 6 heteroatoms. The van der Waals surface area contributed by atoms with Crippen LogP contribution in [0.15, 0.2) is 42.7 Å². The first-order chi connectivity index (χ1) is 11.6. The normalized spacial score (nSPS) is 15.8. The van der Waals surface area contributed by atoms with Crippen LogP contribution in [0.4, 0.5) is 5.82 Å². The summed E-state index contributed by atoms with van der Waals surface area (Å²) < 4.78 is 0. The summed E-state index contributed by atoms with van der Waals surface area (Å²) in [4.78, 5) is 21.7. The SMILES string of the molecule is O=C(O)C=Cc1cccc(-c2cncc(N3CCC(O)CC3)n2)c1. The molecule has 0 spiro atoms. The fourth-order valence-corrected chi connectivity index (χ4v) is 2.71. The Morgan fingerprint density at radius 2 is 2.04 bits per heavy atom. The number of aliphatic carboxylic acids is 1. The van der Waals surface area contributed by atoms with Crippen LogP contribution >= 0.6 is 0 Å². The molecule has 0 saturated carbocycles. The number of carbonyl (C=O) groups is 1. The Kier molecular flexibility index (Phi) is 4.86. The molecule has 1 aliphatic heterocycles. The molecule has 3 rings (SSSR count). The highest BCUT2D eigenvalue weighted by Crippen LogP contribution is 2.23. The van der Waals surface area contributed by atoms with Gasteiger partial charge in [-0.3, -0.25) is 4.98 Å². The average molecular weight is 325 g/mol. The van der Waals surface area contributed by atoms with Crippen molar-refractivity contribution >= 4 is 17.9 Å². The van der Waals surface area contributed by atoms with Crippen molar-refractivity contribution in [2.24, 2.45) is 0 Å². The van der Waals surface area contributed by atoms with Crippen molar-refractivity contribution < 1.29 is 15.0 Å². The second-order valence-corrected chi connectivity index (χ2v) is 5.78. The van der Waals surface area contributed by atoms with Gasteiger partial charge in [-0.25, -0.2) is 9.78 Å². The van der Waals surface area contributed by atoms with Crippen molar-refractivity contribution in [3.8, 4) is 11.3 Å². The van der Waals surface area contributed by atoms with Crippen molar-refractivity contribution in [2.75, 3.05) is 18.0 Å². The molecular weight excluding hydrogens is 306 g/mol. The molecule has 0 aliphatic carbocycles. The van der Waals surface area contributed by atoms with Gasteiger partial charge in [0.05, 0.1) is 24.2 Å². The van der Waals surface area contributed by atoms with Crippen molar-refractivity contribution in [1.82, 2.24) is 9.97 Å². The maximum atomic E-state index is 10.6. The molecule has 0 bridgehead atoms. The Morgan fingerprint density at radius 3 is 2.79 bits per heavy atom. The number of carboxylic acids is 1. The van der Waals surface area contributed by atoms with E-state index >= 15 is 0 Å². The average Bonchev–Trinajstić information content (AvgIpc) is 2.61. The zero-order chi connectivity index (χ0) is 16.9. The van der Waals surface area contributed by atoms with E-state index in [9.17, 15) is 9.90 Å². The number of anilines is 1. The van der Waals surface area contributed by atoms with Gasteiger partial charge in [0, 0.05) is 24.7 Å². The Hall–Kier alpha value is -2.73. The minimum atomic E-state index is -0.977. The zero-order valence-electron chi connectivity index (χ0n) is 13.2. The highest BCUT2D eigenvalue weighted by Gasteiger charge is 2.18. The van der Waals surface area contributed by atoms with E-state index in [-0.39, 0.29) is 6.10 Å². The standard InChI is InChI=1S/C18H19N3O3/c22-15-6-8-21(9-7-15)17-12-19-11-16(20-17)14-3-1-2-13(10-14)4-5-18(23)24/h1-5,10-12,15,22H,6-9H2,(H,23,24). The highest BCUT2D eigenvalue weighted by molar-refractivity contribution is 5.85. The van der Waals surface area contributed by atoms with Crippen LogP contribution in [0.25, 0.3) is 17.3 Å². The van der Waals surface area contributed by atoms with Crippen LogP contribution in [0.2, 0.25) is 0 Å². The number of hydrogen-bond acceptors (Lipinski definition) is 5. The van der Waals surface area contributed by atoms with Gasteiger partial charge in [-0.2, -0.15) is 0 Å². The Balaban J connectivity index is 1.83. The fraction of sp³-hybridized carbons (Fsp3) is 0.278. The summed E-state index contributed by atoms with van der Waals surface area (Å²) in [5.41, 5.74) is 2.42. The Morgan fingerprint density at radius 1 is 1.25 bits per heavy atom. The lowest BCUT2D eigenvalue weighted by atomic mass is 10.1. The summed E-state index contributed by atoms with van der Waals surface area (Å²) in [6, 6.07) is 7.51. The van der Waals surface area contributed by atoms with Crippen LogP contribution in [0.3, 0.4) is 0 Å². The van der Waals surface area contributed by atoms with Crippen LogP contribution < -0.4 is 4.90 Å². The van der Waals surface area contributed by atoms with Gasteiger partial charge >= 0.3 is 5.97 Å². The van der Waals surface area contributed by atoms with Crippen molar-refractivity contribution in [3.63, 3.8) is 0 Å². The molecule has 0 unspecified atom stereocenters. The minimum absolute atomic E-state index is 0.227. The molecule has 1 aliphatic rings. The third-order valence-electron chi connectivity index (χ3n) is 4.01. The second kappa shape index (κ2) is 7.23. The number of aromatic nitrogens is 2. The number of piperidine rings is 1. The molecule has 6 nitrogen and oxygen atoms in total. The number of carboxylic acid groups (broad SMARTS) is 1. The largest absolute Gasteiger partial charge is 0.478 e. The fourth-order valence-electron chi connectivity index (χ4n) is 2.71. The van der Waals surface area contributed by atoms with E-state index in [2.05, 4.69) is 14.9 Å². The highest BCUT2D eigenvalue weighted by atomic mass is 16.4. The smallest absolute Gasteiger partial charge is 0.328 e. The molecule has 124 valence electrons. The van der Waals surface area contributed by atoms with Crippen LogP contribution in [0.1, 0.15) is 18.4 Å². The van der Waals surface area contributed by atoms with E-state index in [1.54, 1.807) is 18.5 Å². The maximum absolute atomic E-state index is 10.6. The molecule has 0 amide bonds. The van der Waals surface area contributed by atoms with Gasteiger partial charge in [0.2, 0.25) is 0 Å². The number of aliphatic hydroxyl groups is 1. The summed E-state index contributed by atoms with van der Waals surface area (Å²) in [5.74, 6) is -0.180. The molecule has 1 aromatic heterocycles. The summed E-state index contributed by atoms with van der Waals surface area (Å²) in [5, 5.41) is 18.3. The lowest BCUT2D eigenvalue weighted by Gasteiger charge is -2.30. The number of benzene rings is 1. The van der Waals surface area contributed by atoms with Crippen molar-refractivity contribution in [2.45, 2.75) is 18.9 Å².